The Morgan fingerprint density at radius 3 is 1.67 bits per heavy atom. The summed E-state index contributed by atoms with van der Waals surface area (Å²) in [5.41, 5.74) is 0.000556. The van der Waals surface area contributed by atoms with Gasteiger partial charge in [0.15, 0.2) is 0 Å². The molecule has 0 amide bonds. The van der Waals surface area contributed by atoms with Gasteiger partial charge < -0.3 is 15.5 Å². The van der Waals surface area contributed by atoms with E-state index in [1.807, 2.05) is 0 Å². The van der Waals surface area contributed by atoms with Crippen LogP contribution in [-0.2, 0) is 9.47 Å². The summed E-state index contributed by atoms with van der Waals surface area (Å²) in [6.45, 7) is 12.7. The molecule has 90 valence electrons. The summed E-state index contributed by atoms with van der Waals surface area (Å²) in [6.07, 6.45) is 3.26. The van der Waals surface area contributed by atoms with E-state index in [1.165, 1.54) is 0 Å². The molecule has 0 N–H and O–H groups in total. The van der Waals surface area contributed by atoms with E-state index < -0.39 is 0 Å². The van der Waals surface area contributed by atoms with Crippen molar-refractivity contribution in [1.82, 2.24) is 0 Å². The predicted molar refractivity (Wildman–Crippen MR) is 63.5 cm³/mol. The fraction of sp³-hybridized carbons (Fsp3) is 0.846. The Balaban J connectivity index is 4.96. The largest absolute Gasteiger partial charge is 0.537 e. The highest BCUT2D eigenvalue weighted by Crippen LogP contribution is 2.29. The normalized spacial score (nSPS) is 16.4. The Kier molecular flexibility index (Phi) is 4.85. The molecular weight excluding hydrogens is 188 g/mol. The van der Waals surface area contributed by atoms with Gasteiger partial charge in [0, 0.05) is 7.11 Å². The Labute approximate surface area is 94.7 Å². The van der Waals surface area contributed by atoms with E-state index in [-0.39, 0.29) is 16.9 Å². The van der Waals surface area contributed by atoms with Crippen LogP contribution in [0.4, 0.5) is 0 Å². The summed E-state index contributed by atoms with van der Waals surface area (Å²) in [6, 6.07) is 0. The predicted octanol–water partition coefficient (Wildman–Crippen LogP) is 3.43. The van der Waals surface area contributed by atoms with Gasteiger partial charge in [0.1, 0.15) is 0 Å². The van der Waals surface area contributed by atoms with Crippen LogP contribution in [0.15, 0.2) is 5.76 Å². The maximum Gasteiger partial charge on any atom is 0.0727 e. The average Bonchev–Trinajstić information content (AvgIpc) is 2.01. The molecule has 0 aromatic carbocycles. The van der Waals surface area contributed by atoms with Crippen LogP contribution in [0.3, 0.4) is 0 Å². The second-order valence-electron chi connectivity index (χ2n) is 5.91. The SMILES string of the molecule is COC(=[C-]C(OC)C(C)(C)C)C(C)(C)C. The zero-order valence-corrected chi connectivity index (χ0v) is 11.4. The maximum atomic E-state index is 5.43. The van der Waals surface area contributed by atoms with Crippen LogP contribution in [0.25, 0.3) is 0 Å². The highest BCUT2D eigenvalue weighted by Gasteiger charge is 2.17. The monoisotopic (exact) mass is 213 g/mol. The van der Waals surface area contributed by atoms with E-state index in [4.69, 9.17) is 9.47 Å². The number of methoxy groups -OCH3 is 2. The lowest BCUT2D eigenvalue weighted by Crippen LogP contribution is -2.28. The lowest BCUT2D eigenvalue weighted by Gasteiger charge is -2.40. The van der Waals surface area contributed by atoms with Gasteiger partial charge in [-0.15, -0.1) is 0 Å². The molecule has 0 aromatic heterocycles. The van der Waals surface area contributed by atoms with E-state index in [1.54, 1.807) is 14.2 Å². The van der Waals surface area contributed by atoms with Crippen LogP contribution < -0.4 is 0 Å². The molecule has 0 saturated carbocycles. The molecule has 0 aliphatic rings. The standard InChI is InChI=1S/C13H25O2/c1-12(2,3)10(14-7)9-11(15-8)13(4,5)6/h10H,1-8H3/q-1. The number of hydrogen-bond acceptors (Lipinski definition) is 2. The Morgan fingerprint density at radius 1 is 1.00 bits per heavy atom. The smallest absolute Gasteiger partial charge is 0.0727 e. The molecule has 0 saturated heterocycles. The van der Waals surface area contributed by atoms with Crippen LogP contribution in [0.1, 0.15) is 41.5 Å². The molecule has 0 rings (SSSR count). The quantitative estimate of drug-likeness (QED) is 0.528. The first-order chi connectivity index (χ1) is 6.62. The minimum atomic E-state index is -0.0494. The number of allylic oxidation sites excluding steroid dienone is 1. The molecule has 0 spiro atoms. The van der Waals surface area contributed by atoms with Gasteiger partial charge in [-0.05, 0) is 10.8 Å². The topological polar surface area (TPSA) is 18.5 Å². The van der Waals surface area contributed by atoms with Gasteiger partial charge in [-0.2, -0.15) is 0 Å². The molecule has 0 radical (unpaired) electrons. The average molecular weight is 213 g/mol. The van der Waals surface area contributed by atoms with Crippen molar-refractivity contribution in [3.05, 3.63) is 11.8 Å². The van der Waals surface area contributed by atoms with Gasteiger partial charge in [-0.3, -0.25) is 0 Å². The lowest BCUT2D eigenvalue weighted by molar-refractivity contribution is 0.0409. The molecule has 0 aliphatic carbocycles. The van der Waals surface area contributed by atoms with Crippen LogP contribution in [0.2, 0.25) is 0 Å². The third-order valence-corrected chi connectivity index (χ3v) is 2.17. The second-order valence-corrected chi connectivity index (χ2v) is 5.91. The van der Waals surface area contributed by atoms with Crippen LogP contribution in [0.5, 0.6) is 0 Å². The first-order valence-corrected chi connectivity index (χ1v) is 5.33. The van der Waals surface area contributed by atoms with Gasteiger partial charge in [0.2, 0.25) is 0 Å². The molecule has 2 nitrogen and oxygen atoms in total. The molecule has 0 aromatic rings. The van der Waals surface area contributed by atoms with Crippen molar-refractivity contribution in [3.63, 3.8) is 0 Å². The van der Waals surface area contributed by atoms with Gasteiger partial charge in [-0.25, -0.2) is 0 Å². The van der Waals surface area contributed by atoms with E-state index in [0.717, 1.165) is 5.76 Å². The van der Waals surface area contributed by atoms with Crippen molar-refractivity contribution in [2.24, 2.45) is 10.8 Å². The van der Waals surface area contributed by atoms with E-state index in [0.29, 0.717) is 0 Å². The second kappa shape index (κ2) is 5.02. The third kappa shape index (κ3) is 4.70. The summed E-state index contributed by atoms with van der Waals surface area (Å²) in [5.74, 6) is 0.851. The van der Waals surface area contributed by atoms with Crippen LogP contribution in [0, 0.1) is 16.9 Å². The minimum absolute atomic E-state index is 0.0310. The molecule has 1 atom stereocenters. The van der Waals surface area contributed by atoms with Gasteiger partial charge in [-0.1, -0.05) is 53.4 Å². The first-order valence-electron chi connectivity index (χ1n) is 5.33. The zero-order valence-electron chi connectivity index (χ0n) is 11.4. The van der Waals surface area contributed by atoms with E-state index in [2.05, 4.69) is 47.6 Å². The van der Waals surface area contributed by atoms with E-state index in [9.17, 15) is 0 Å². The molecular formula is C13H25O2-. The van der Waals surface area contributed by atoms with Gasteiger partial charge >= 0.3 is 0 Å². The zero-order chi connectivity index (χ0) is 12.3. The summed E-state index contributed by atoms with van der Waals surface area (Å²) in [7, 11) is 3.39. The molecule has 1 unspecified atom stereocenters. The Morgan fingerprint density at radius 2 is 1.47 bits per heavy atom. The third-order valence-electron chi connectivity index (χ3n) is 2.17. The molecule has 2 heteroatoms. The lowest BCUT2D eigenvalue weighted by atomic mass is 9.85. The van der Waals surface area contributed by atoms with Crippen LogP contribution >= 0.6 is 0 Å². The number of hydrogen-bond donors (Lipinski definition) is 0. The van der Waals surface area contributed by atoms with Gasteiger partial charge in [0.05, 0.1) is 7.11 Å². The summed E-state index contributed by atoms with van der Waals surface area (Å²) in [5, 5.41) is 0. The summed E-state index contributed by atoms with van der Waals surface area (Å²) >= 11 is 0. The molecule has 0 heterocycles. The maximum absolute atomic E-state index is 5.43. The Hall–Kier alpha value is -0.500. The molecule has 0 bridgehead atoms. The summed E-state index contributed by atoms with van der Waals surface area (Å²) < 4.78 is 10.8. The van der Waals surface area contributed by atoms with Crippen molar-refractivity contribution in [2.45, 2.75) is 47.6 Å². The molecule has 0 aliphatic heterocycles. The van der Waals surface area contributed by atoms with Crippen molar-refractivity contribution >= 4 is 0 Å². The van der Waals surface area contributed by atoms with E-state index >= 15 is 0 Å². The molecule has 0 fully saturated rings. The first kappa shape index (κ1) is 14.5. The van der Waals surface area contributed by atoms with Crippen molar-refractivity contribution in [1.29, 1.82) is 0 Å². The Bertz CT molecular complexity index is 216. The van der Waals surface area contributed by atoms with Crippen molar-refractivity contribution in [3.8, 4) is 0 Å². The highest BCUT2D eigenvalue weighted by atomic mass is 16.5. The summed E-state index contributed by atoms with van der Waals surface area (Å²) in [4.78, 5) is 0. The highest BCUT2D eigenvalue weighted by molar-refractivity contribution is 5.03. The van der Waals surface area contributed by atoms with Crippen molar-refractivity contribution < 1.29 is 9.47 Å². The number of rotatable bonds is 3. The fourth-order valence-corrected chi connectivity index (χ4v) is 1.33. The fourth-order valence-electron chi connectivity index (χ4n) is 1.33. The van der Waals surface area contributed by atoms with Crippen molar-refractivity contribution in [2.75, 3.05) is 14.2 Å². The van der Waals surface area contributed by atoms with Gasteiger partial charge in [0.25, 0.3) is 0 Å². The van der Waals surface area contributed by atoms with Crippen LogP contribution in [-0.4, -0.2) is 20.3 Å². The molecule has 15 heavy (non-hydrogen) atoms. The number of ether oxygens (including phenoxy) is 2. The minimum Gasteiger partial charge on any atom is -0.537 e.